The molecule has 0 heterocycles. The molecule has 0 aliphatic carbocycles. The second-order valence-electron chi connectivity index (χ2n) is 5.33. The van der Waals surface area contributed by atoms with E-state index in [2.05, 4.69) is 53.9 Å². The third-order valence-corrected chi connectivity index (χ3v) is 2.77. The molecule has 0 bridgehead atoms. The highest BCUT2D eigenvalue weighted by Crippen LogP contribution is 1.90. The molecule has 0 spiro atoms. The molecule has 0 aliphatic rings. The summed E-state index contributed by atoms with van der Waals surface area (Å²) in [6.07, 6.45) is 11.0. The number of hydrogen-bond donors (Lipinski definition) is 0. The lowest BCUT2D eigenvalue weighted by molar-refractivity contribution is -0.153. The van der Waals surface area contributed by atoms with Crippen LogP contribution in [0.1, 0.15) is 34.6 Å². The largest absolute Gasteiger partial charge is 0.464 e. The maximum absolute atomic E-state index is 10.6. The smallest absolute Gasteiger partial charge is 0.334 e. The van der Waals surface area contributed by atoms with Crippen LogP contribution in [0.25, 0.3) is 0 Å². The molecule has 0 aromatic heterocycles. The molecule has 7 nitrogen and oxygen atoms in total. The minimum Gasteiger partial charge on any atom is -0.464 e. The quantitative estimate of drug-likeness (QED) is 0.315. The third-order valence-electron chi connectivity index (χ3n) is 2.77. The topological polar surface area (TPSA) is 72.5 Å². The van der Waals surface area contributed by atoms with Gasteiger partial charge in [-0.15, -0.1) is 25.3 Å². The van der Waals surface area contributed by atoms with Crippen molar-refractivity contribution in [1.29, 1.82) is 0 Å². The van der Waals surface area contributed by atoms with Gasteiger partial charge in [-0.05, 0) is 34.6 Å². The van der Waals surface area contributed by atoms with Crippen molar-refractivity contribution in [2.45, 2.75) is 52.9 Å². The molecule has 0 aromatic carbocycles. The number of rotatable bonds is 8. The lowest BCUT2D eigenvalue weighted by Crippen LogP contribution is -2.21. The van der Waals surface area contributed by atoms with Crippen molar-refractivity contribution in [1.82, 2.24) is 0 Å². The van der Waals surface area contributed by atoms with Gasteiger partial charge in [-0.3, -0.25) is 0 Å². The fourth-order valence-electron chi connectivity index (χ4n) is 0.887. The van der Waals surface area contributed by atoms with Gasteiger partial charge in [-0.1, -0.05) is 23.8 Å². The number of hydrogen-bond acceptors (Lipinski definition) is 7. The molecule has 0 amide bonds. The molecular weight excluding hydrogens is 412 g/mol. The van der Waals surface area contributed by atoms with Gasteiger partial charge in [0.05, 0.1) is 13.2 Å². The summed E-state index contributed by atoms with van der Waals surface area (Å²) in [5.41, 5.74) is 0. The Balaban J connectivity index is -0.0000000969. The predicted molar refractivity (Wildman–Crippen MR) is 131 cm³/mol. The van der Waals surface area contributed by atoms with Gasteiger partial charge in [0, 0.05) is 35.5 Å². The standard InChI is InChI=1S/C6H12O3.C6H10O.C5H8O.C4H8O.C4H6O/c1-4-9-6(7)5(2)8-3;1-4-5-6(2)7-3;1-4-5(2)6-3;2*1-3-4-5-2/h5H,4H2,1-3H3;6H,1-3H3;1,5H,2-3H3;3H,1,4H2,2H3;1H,4H2,2H3. The van der Waals surface area contributed by atoms with E-state index in [0.29, 0.717) is 19.8 Å². The summed E-state index contributed by atoms with van der Waals surface area (Å²) < 4.78 is 27.8. The van der Waals surface area contributed by atoms with Gasteiger partial charge in [0.15, 0.2) is 6.10 Å². The average Bonchev–Trinajstić information content (AvgIpc) is 2.81. The Morgan fingerprint density at radius 1 is 0.969 bits per heavy atom. The molecule has 186 valence electrons. The van der Waals surface area contributed by atoms with Crippen LogP contribution in [0, 0.1) is 36.5 Å². The number of esters is 1. The van der Waals surface area contributed by atoms with Gasteiger partial charge in [0.25, 0.3) is 0 Å². The SMILES string of the molecule is C#CC(C)OC.C#CCOC.C=CCOC.CC#CC(C)OC.CCOC(=O)C(C)OC. The van der Waals surface area contributed by atoms with Crippen LogP contribution in [0.3, 0.4) is 0 Å². The van der Waals surface area contributed by atoms with E-state index in [1.807, 2.05) is 13.8 Å². The first-order valence-corrected chi connectivity index (χ1v) is 9.83. The summed E-state index contributed by atoms with van der Waals surface area (Å²) in [4.78, 5) is 10.6. The minimum absolute atomic E-state index is 0.0370. The first kappa shape index (κ1) is 40.1. The van der Waals surface area contributed by atoms with Crippen LogP contribution < -0.4 is 0 Å². The predicted octanol–water partition coefficient (Wildman–Crippen LogP) is 3.37. The minimum atomic E-state index is -0.440. The molecule has 3 atom stereocenters. The van der Waals surface area contributed by atoms with Gasteiger partial charge >= 0.3 is 5.97 Å². The van der Waals surface area contributed by atoms with E-state index >= 15 is 0 Å². The molecular formula is C25H44O7. The Morgan fingerprint density at radius 3 is 1.62 bits per heavy atom. The van der Waals surface area contributed by atoms with Crippen molar-refractivity contribution in [3.05, 3.63) is 12.7 Å². The van der Waals surface area contributed by atoms with Gasteiger partial charge in [0.2, 0.25) is 0 Å². The molecule has 3 unspecified atom stereocenters. The summed E-state index contributed by atoms with van der Waals surface area (Å²) in [6.45, 7) is 13.9. The number of methoxy groups -OCH3 is 5. The maximum Gasteiger partial charge on any atom is 0.334 e. The van der Waals surface area contributed by atoms with E-state index in [9.17, 15) is 4.79 Å². The van der Waals surface area contributed by atoms with Crippen LogP contribution >= 0.6 is 0 Å². The molecule has 0 saturated carbocycles. The first-order valence-electron chi connectivity index (χ1n) is 9.83. The first-order chi connectivity index (χ1) is 15.2. The number of carbonyl (C=O) groups is 1. The number of carbonyl (C=O) groups excluding carboxylic acids is 1. The summed E-state index contributed by atoms with van der Waals surface area (Å²) in [7, 11) is 7.92. The summed E-state index contributed by atoms with van der Waals surface area (Å²) in [5.74, 6) is 9.95. The summed E-state index contributed by atoms with van der Waals surface area (Å²) >= 11 is 0. The van der Waals surface area contributed by atoms with E-state index in [-0.39, 0.29) is 18.2 Å². The van der Waals surface area contributed by atoms with Gasteiger partial charge in [0.1, 0.15) is 18.8 Å². The fourth-order valence-corrected chi connectivity index (χ4v) is 0.887. The Kier molecular flexibility index (Phi) is 49.1. The molecule has 0 saturated heterocycles. The van der Waals surface area contributed by atoms with Crippen LogP contribution in [-0.4, -0.2) is 79.7 Å². The maximum atomic E-state index is 10.6. The van der Waals surface area contributed by atoms with Gasteiger partial charge < -0.3 is 28.4 Å². The lowest BCUT2D eigenvalue weighted by atomic mass is 10.4. The summed E-state index contributed by atoms with van der Waals surface area (Å²) in [5, 5.41) is 0. The zero-order chi connectivity index (χ0) is 26.2. The van der Waals surface area contributed by atoms with Crippen LogP contribution in [0.5, 0.6) is 0 Å². The molecule has 0 aliphatic heterocycles. The molecule has 0 radical (unpaired) electrons. The summed E-state index contributed by atoms with van der Waals surface area (Å²) in [6, 6.07) is 0. The molecule has 7 heteroatoms. The second-order valence-corrected chi connectivity index (χ2v) is 5.33. The second kappa shape index (κ2) is 39.2. The van der Waals surface area contributed by atoms with Crippen molar-refractivity contribution >= 4 is 5.97 Å². The van der Waals surface area contributed by atoms with Crippen molar-refractivity contribution in [3.63, 3.8) is 0 Å². The lowest BCUT2D eigenvalue weighted by Gasteiger charge is -2.06. The number of terminal acetylenes is 2. The third kappa shape index (κ3) is 50.9. The van der Waals surface area contributed by atoms with Crippen molar-refractivity contribution in [2.24, 2.45) is 0 Å². The van der Waals surface area contributed by atoms with Crippen LogP contribution in [0.15, 0.2) is 12.7 Å². The fraction of sp³-hybridized carbons (Fsp3) is 0.640. The monoisotopic (exact) mass is 456 g/mol. The molecule has 32 heavy (non-hydrogen) atoms. The Labute approximate surface area is 197 Å². The van der Waals surface area contributed by atoms with Gasteiger partial charge in [-0.2, -0.15) is 0 Å². The van der Waals surface area contributed by atoms with E-state index in [0.717, 1.165) is 0 Å². The highest BCUT2D eigenvalue weighted by Gasteiger charge is 2.10. The van der Waals surface area contributed by atoms with E-state index in [4.69, 9.17) is 17.6 Å². The van der Waals surface area contributed by atoms with Crippen molar-refractivity contribution in [3.8, 4) is 36.5 Å². The van der Waals surface area contributed by atoms with Crippen LogP contribution in [0.4, 0.5) is 0 Å². The highest BCUT2D eigenvalue weighted by atomic mass is 16.6. The molecule has 0 aromatic rings. The van der Waals surface area contributed by atoms with Crippen LogP contribution in [-0.2, 0) is 33.2 Å². The van der Waals surface area contributed by atoms with E-state index in [1.54, 1.807) is 55.3 Å². The zero-order valence-electron chi connectivity index (χ0n) is 21.7. The molecule has 0 fully saturated rings. The Hall–Kier alpha value is -2.31. The number of ether oxygens (including phenoxy) is 6. The van der Waals surface area contributed by atoms with E-state index in [1.165, 1.54) is 7.11 Å². The molecule has 0 N–H and O–H groups in total. The molecule has 0 rings (SSSR count). The van der Waals surface area contributed by atoms with E-state index < -0.39 is 6.10 Å². The van der Waals surface area contributed by atoms with Gasteiger partial charge in [-0.25, -0.2) is 4.79 Å². The Morgan fingerprint density at radius 2 is 1.50 bits per heavy atom. The van der Waals surface area contributed by atoms with Crippen molar-refractivity contribution in [2.75, 3.05) is 55.4 Å². The van der Waals surface area contributed by atoms with Crippen LogP contribution in [0.2, 0.25) is 0 Å². The Bertz CT molecular complexity index is 521. The zero-order valence-corrected chi connectivity index (χ0v) is 21.7. The average molecular weight is 457 g/mol. The highest BCUT2D eigenvalue weighted by molar-refractivity contribution is 5.74. The normalized spacial score (nSPS) is 10.8. The van der Waals surface area contributed by atoms with Crippen molar-refractivity contribution < 1.29 is 33.2 Å².